The van der Waals surface area contributed by atoms with Crippen molar-refractivity contribution in [2.75, 3.05) is 29.0 Å². The van der Waals surface area contributed by atoms with Gasteiger partial charge in [0.05, 0.1) is 0 Å². The van der Waals surface area contributed by atoms with Crippen molar-refractivity contribution in [3.05, 3.63) is 41.6 Å². The highest BCUT2D eigenvalue weighted by atomic mass is 35.5. The highest BCUT2D eigenvalue weighted by molar-refractivity contribution is 6.29. The van der Waals surface area contributed by atoms with E-state index >= 15 is 0 Å². The summed E-state index contributed by atoms with van der Waals surface area (Å²) in [5, 5.41) is 3.60. The van der Waals surface area contributed by atoms with Gasteiger partial charge in [-0.25, -0.2) is 4.98 Å². The zero-order chi connectivity index (χ0) is 13.9. The van der Waals surface area contributed by atoms with E-state index < -0.39 is 0 Å². The second-order valence-electron chi connectivity index (χ2n) is 4.97. The molecule has 1 aliphatic heterocycles. The molecule has 1 aromatic carbocycles. The minimum Gasteiger partial charge on any atom is -0.399 e. The van der Waals surface area contributed by atoms with Crippen LogP contribution in [0.1, 0.15) is 12.8 Å². The lowest BCUT2D eigenvalue weighted by molar-refractivity contribution is 0.949. The maximum absolute atomic E-state index is 5.89. The number of nitrogens with one attached hydrogen (secondary N) is 1. The first-order valence-corrected chi connectivity index (χ1v) is 7.13. The monoisotopic (exact) mass is 288 g/mol. The van der Waals surface area contributed by atoms with E-state index in [1.807, 2.05) is 12.1 Å². The molecule has 3 rings (SSSR count). The fourth-order valence-electron chi connectivity index (χ4n) is 2.46. The number of halogens is 1. The van der Waals surface area contributed by atoms with Crippen LogP contribution < -0.4 is 16.0 Å². The maximum Gasteiger partial charge on any atom is 0.134 e. The molecule has 0 unspecified atom stereocenters. The van der Waals surface area contributed by atoms with Crippen LogP contribution in [0, 0.1) is 0 Å². The van der Waals surface area contributed by atoms with Gasteiger partial charge in [0.15, 0.2) is 0 Å². The average molecular weight is 289 g/mol. The second-order valence-corrected chi connectivity index (χ2v) is 5.36. The molecule has 0 aliphatic carbocycles. The molecule has 5 heteroatoms. The van der Waals surface area contributed by atoms with E-state index in [4.69, 9.17) is 17.3 Å². The zero-order valence-corrected chi connectivity index (χ0v) is 11.9. The average Bonchev–Trinajstić information content (AvgIpc) is 2.92. The number of benzene rings is 1. The Balaban J connectivity index is 1.74. The van der Waals surface area contributed by atoms with Crippen molar-refractivity contribution in [3.63, 3.8) is 0 Å². The van der Waals surface area contributed by atoms with Crippen molar-refractivity contribution in [3.8, 4) is 0 Å². The lowest BCUT2D eigenvalue weighted by Gasteiger charge is -2.18. The van der Waals surface area contributed by atoms with Gasteiger partial charge in [0, 0.05) is 36.2 Å². The van der Waals surface area contributed by atoms with Crippen LogP contribution in [0.4, 0.5) is 22.9 Å². The Morgan fingerprint density at radius 2 is 1.80 bits per heavy atom. The Hall–Kier alpha value is -1.94. The van der Waals surface area contributed by atoms with Gasteiger partial charge in [-0.3, -0.25) is 0 Å². The Labute approximate surface area is 123 Å². The largest absolute Gasteiger partial charge is 0.399 e. The summed E-state index contributed by atoms with van der Waals surface area (Å²) >= 11 is 5.89. The third-order valence-electron chi connectivity index (χ3n) is 3.43. The van der Waals surface area contributed by atoms with Crippen LogP contribution in [0.15, 0.2) is 36.4 Å². The minimum absolute atomic E-state index is 0.390. The molecular formula is C15H17ClN4. The van der Waals surface area contributed by atoms with Crippen molar-refractivity contribution >= 4 is 34.5 Å². The van der Waals surface area contributed by atoms with E-state index in [0.29, 0.717) is 16.7 Å². The quantitative estimate of drug-likeness (QED) is 0.846. The van der Waals surface area contributed by atoms with Gasteiger partial charge in [-0.2, -0.15) is 0 Å². The van der Waals surface area contributed by atoms with Crippen LogP contribution in [-0.2, 0) is 0 Å². The number of nitrogens with two attached hydrogens (primary N) is 1. The number of nitrogen functional groups attached to an aromatic ring is 1. The van der Waals surface area contributed by atoms with E-state index in [1.54, 1.807) is 12.1 Å². The van der Waals surface area contributed by atoms with E-state index in [-0.39, 0.29) is 0 Å². The molecule has 0 saturated carbocycles. The topological polar surface area (TPSA) is 54.2 Å². The van der Waals surface area contributed by atoms with Crippen LogP contribution in [0.2, 0.25) is 5.15 Å². The molecule has 1 fully saturated rings. The fraction of sp³-hybridized carbons (Fsp3) is 0.267. The smallest absolute Gasteiger partial charge is 0.134 e. The molecular weight excluding hydrogens is 272 g/mol. The van der Waals surface area contributed by atoms with Gasteiger partial charge in [0.1, 0.15) is 11.0 Å². The van der Waals surface area contributed by atoms with Gasteiger partial charge >= 0.3 is 0 Å². The summed E-state index contributed by atoms with van der Waals surface area (Å²) in [5.41, 5.74) is 8.59. The SMILES string of the molecule is Nc1cc(Cl)nc(Nc2ccc(N3CCCC3)cc2)c1. The van der Waals surface area contributed by atoms with Crippen molar-refractivity contribution in [2.24, 2.45) is 0 Å². The predicted molar refractivity (Wildman–Crippen MR) is 84.8 cm³/mol. The first-order valence-electron chi connectivity index (χ1n) is 6.76. The first kappa shape index (κ1) is 13.1. The molecule has 0 atom stereocenters. The molecule has 0 amide bonds. The van der Waals surface area contributed by atoms with Crippen LogP contribution >= 0.6 is 11.6 Å². The summed E-state index contributed by atoms with van der Waals surface area (Å²) in [4.78, 5) is 6.60. The van der Waals surface area contributed by atoms with Crippen molar-refractivity contribution in [1.82, 2.24) is 4.98 Å². The van der Waals surface area contributed by atoms with E-state index in [2.05, 4.69) is 27.3 Å². The Kier molecular flexibility index (Phi) is 3.65. The summed E-state index contributed by atoms with van der Waals surface area (Å²) in [7, 11) is 0. The molecule has 20 heavy (non-hydrogen) atoms. The number of rotatable bonds is 3. The zero-order valence-electron chi connectivity index (χ0n) is 11.1. The van der Waals surface area contributed by atoms with Gasteiger partial charge in [0.25, 0.3) is 0 Å². The van der Waals surface area contributed by atoms with Crippen LogP contribution in [-0.4, -0.2) is 18.1 Å². The Morgan fingerprint density at radius 3 is 2.45 bits per heavy atom. The molecule has 104 valence electrons. The molecule has 3 N–H and O–H groups in total. The molecule has 0 spiro atoms. The number of anilines is 4. The number of nitrogens with zero attached hydrogens (tertiary/aromatic N) is 2. The minimum atomic E-state index is 0.390. The summed E-state index contributed by atoms with van der Waals surface area (Å²) < 4.78 is 0. The van der Waals surface area contributed by atoms with Gasteiger partial charge in [0.2, 0.25) is 0 Å². The van der Waals surface area contributed by atoms with Gasteiger partial charge in [-0.15, -0.1) is 0 Å². The van der Waals surface area contributed by atoms with Crippen LogP contribution in [0.3, 0.4) is 0 Å². The number of hydrogen-bond acceptors (Lipinski definition) is 4. The third-order valence-corrected chi connectivity index (χ3v) is 3.62. The molecule has 4 nitrogen and oxygen atoms in total. The Morgan fingerprint density at radius 1 is 1.10 bits per heavy atom. The summed E-state index contributed by atoms with van der Waals surface area (Å²) in [5.74, 6) is 0.656. The third kappa shape index (κ3) is 2.96. The molecule has 2 aromatic rings. The Bertz CT molecular complexity index is 571. The molecule has 0 radical (unpaired) electrons. The molecule has 0 bridgehead atoms. The van der Waals surface area contributed by atoms with Gasteiger partial charge in [-0.05, 0) is 43.2 Å². The predicted octanol–water partition coefficient (Wildman–Crippen LogP) is 3.66. The first-order chi connectivity index (χ1) is 9.70. The summed E-state index contributed by atoms with van der Waals surface area (Å²) in [6.07, 6.45) is 2.57. The van der Waals surface area contributed by atoms with Crippen LogP contribution in [0.5, 0.6) is 0 Å². The van der Waals surface area contributed by atoms with Gasteiger partial charge in [-0.1, -0.05) is 11.6 Å². The number of pyridine rings is 1. The number of hydrogen-bond donors (Lipinski definition) is 2. The molecule has 1 aliphatic rings. The molecule has 1 saturated heterocycles. The van der Waals surface area contributed by atoms with E-state index in [0.717, 1.165) is 18.8 Å². The van der Waals surface area contributed by atoms with Gasteiger partial charge < -0.3 is 16.0 Å². The molecule has 1 aromatic heterocycles. The summed E-state index contributed by atoms with van der Waals surface area (Å²) in [6, 6.07) is 11.7. The van der Waals surface area contributed by atoms with E-state index in [1.165, 1.54) is 18.5 Å². The molecule has 2 heterocycles. The number of aromatic nitrogens is 1. The fourth-order valence-corrected chi connectivity index (χ4v) is 2.68. The highest BCUT2D eigenvalue weighted by Crippen LogP contribution is 2.24. The van der Waals surface area contributed by atoms with Crippen molar-refractivity contribution in [2.45, 2.75) is 12.8 Å². The second kappa shape index (κ2) is 5.59. The van der Waals surface area contributed by atoms with Crippen molar-refractivity contribution < 1.29 is 0 Å². The normalized spacial score (nSPS) is 14.6. The summed E-state index contributed by atoms with van der Waals surface area (Å²) in [6.45, 7) is 2.30. The highest BCUT2D eigenvalue weighted by Gasteiger charge is 2.11. The van der Waals surface area contributed by atoms with E-state index in [9.17, 15) is 0 Å². The van der Waals surface area contributed by atoms with Crippen LogP contribution in [0.25, 0.3) is 0 Å². The van der Waals surface area contributed by atoms with Crippen molar-refractivity contribution in [1.29, 1.82) is 0 Å². The standard InChI is InChI=1S/C15H17ClN4/c16-14-9-11(17)10-15(19-14)18-12-3-5-13(6-4-12)20-7-1-2-8-20/h3-6,9-10H,1-2,7-8H2,(H3,17,18,19). The maximum atomic E-state index is 5.89. The lowest BCUT2D eigenvalue weighted by Crippen LogP contribution is -2.17. The lowest BCUT2D eigenvalue weighted by atomic mass is 10.2.